The molecular weight excluding hydrogens is 229 g/mol. The fourth-order valence-electron chi connectivity index (χ4n) is 2.28. The minimum Gasteiger partial charge on any atom is -0.481 e. The molecule has 2 N–H and O–H groups in total. The summed E-state index contributed by atoms with van der Waals surface area (Å²) >= 11 is 0. The molecule has 1 aliphatic heterocycles. The number of hydrogen-bond acceptors (Lipinski definition) is 3. The summed E-state index contributed by atoms with van der Waals surface area (Å²) in [5.41, 5.74) is 0. The molecule has 2 atom stereocenters. The van der Waals surface area contributed by atoms with Crippen LogP contribution < -0.4 is 5.32 Å². The van der Waals surface area contributed by atoms with Gasteiger partial charge in [-0.25, -0.2) is 0 Å². The average molecular weight is 253 g/mol. The van der Waals surface area contributed by atoms with Crippen LogP contribution in [0.1, 0.15) is 45.4 Å². The molecule has 102 valence electrons. The molecule has 1 fully saturated rings. The highest BCUT2D eigenvalue weighted by atomic mass is 16.5. The molecule has 0 spiro atoms. The summed E-state index contributed by atoms with van der Waals surface area (Å²) in [5.74, 6) is -0.876. The van der Waals surface area contributed by atoms with E-state index in [1.54, 1.807) is 0 Å². The van der Waals surface area contributed by atoms with E-state index in [2.05, 4.69) is 5.32 Å². The maximum absolute atomic E-state index is 11.2. The predicted molar refractivity (Wildman–Crippen MR) is 72.1 cm³/mol. The second-order valence-electron chi connectivity index (χ2n) is 5.15. The fraction of sp³-hybridized carbons (Fsp3) is 0.923. The molecule has 0 saturated carbocycles. The van der Waals surface area contributed by atoms with Crippen molar-refractivity contribution >= 4 is 13.8 Å². The number of carbonyl (C=O) groups is 1. The lowest BCUT2D eigenvalue weighted by Gasteiger charge is -2.27. The third-order valence-electron chi connectivity index (χ3n) is 3.56. The van der Waals surface area contributed by atoms with Crippen LogP contribution in [0.3, 0.4) is 0 Å². The van der Waals surface area contributed by atoms with Crippen LogP contribution in [-0.2, 0) is 9.53 Å². The number of morpholine rings is 1. The maximum Gasteiger partial charge on any atom is 0.300 e. The van der Waals surface area contributed by atoms with Gasteiger partial charge in [0.1, 0.15) is 0 Å². The van der Waals surface area contributed by atoms with Crippen LogP contribution in [-0.4, -0.2) is 44.7 Å². The molecule has 0 aromatic heterocycles. The number of rotatable bonds is 8. The van der Waals surface area contributed by atoms with Gasteiger partial charge in [-0.3, -0.25) is 4.79 Å². The molecule has 1 heterocycles. The third kappa shape index (κ3) is 4.98. The topological polar surface area (TPSA) is 58.6 Å². The van der Waals surface area contributed by atoms with Crippen LogP contribution in [0.4, 0.5) is 0 Å². The van der Waals surface area contributed by atoms with Crippen molar-refractivity contribution in [1.82, 2.24) is 5.32 Å². The molecule has 18 heavy (non-hydrogen) atoms. The first-order chi connectivity index (χ1) is 8.58. The normalized spacial score (nSPS) is 23.5. The minimum atomic E-state index is -1.06. The summed E-state index contributed by atoms with van der Waals surface area (Å²) in [7, 11) is 5.99. The Hall–Kier alpha value is -0.545. The molecule has 0 bridgehead atoms. The van der Waals surface area contributed by atoms with Crippen LogP contribution in [0.5, 0.6) is 0 Å². The van der Waals surface area contributed by atoms with Crippen molar-refractivity contribution in [1.29, 1.82) is 0 Å². The van der Waals surface area contributed by atoms with Gasteiger partial charge in [-0.2, -0.15) is 0 Å². The van der Waals surface area contributed by atoms with Crippen molar-refractivity contribution < 1.29 is 14.6 Å². The summed E-state index contributed by atoms with van der Waals surface area (Å²) in [6.45, 7) is 4.56. The van der Waals surface area contributed by atoms with Crippen LogP contribution >= 0.6 is 0 Å². The van der Waals surface area contributed by atoms with E-state index < -0.39 is 11.3 Å². The van der Waals surface area contributed by atoms with Crippen LogP contribution in [0.15, 0.2) is 0 Å². The second-order valence-corrected chi connectivity index (χ2v) is 5.15. The van der Waals surface area contributed by atoms with Gasteiger partial charge in [0.2, 0.25) is 0 Å². The summed E-state index contributed by atoms with van der Waals surface area (Å²) in [5, 5.41) is 11.4. The summed E-state index contributed by atoms with van der Waals surface area (Å²) in [6, 6.07) is 0. The Morgan fingerprint density at radius 3 is 2.78 bits per heavy atom. The van der Waals surface area contributed by atoms with Gasteiger partial charge >= 0.3 is 5.97 Å². The number of carboxylic acid groups (broad SMARTS) is 1. The quantitative estimate of drug-likeness (QED) is 0.647. The first-order valence-electron chi connectivity index (χ1n) is 6.93. The smallest absolute Gasteiger partial charge is 0.300 e. The standard InChI is InChI=1S/C13H24BNO3/c1-2-3-6-13(14,12(16)17)7-4-5-11-10-15-8-9-18-11/h11,15H,2-10H2,1H3,(H,16,17). The molecule has 5 heteroatoms. The zero-order chi connectivity index (χ0) is 13.4. The molecule has 0 aromatic rings. The average Bonchev–Trinajstić information content (AvgIpc) is 2.37. The Morgan fingerprint density at radius 2 is 2.22 bits per heavy atom. The summed E-state index contributed by atoms with van der Waals surface area (Å²) in [6.07, 6.45) is 4.82. The van der Waals surface area contributed by atoms with Crippen molar-refractivity contribution in [3.8, 4) is 0 Å². The van der Waals surface area contributed by atoms with E-state index in [9.17, 15) is 9.90 Å². The van der Waals surface area contributed by atoms with Crippen molar-refractivity contribution in [2.45, 2.75) is 56.9 Å². The van der Waals surface area contributed by atoms with Gasteiger partial charge < -0.3 is 15.2 Å². The minimum absolute atomic E-state index is 0.211. The predicted octanol–water partition coefficient (Wildman–Crippen LogP) is 1.75. The highest BCUT2D eigenvalue weighted by molar-refractivity contribution is 6.26. The van der Waals surface area contributed by atoms with Gasteiger partial charge in [-0.15, -0.1) is 0 Å². The van der Waals surface area contributed by atoms with E-state index in [-0.39, 0.29) is 6.10 Å². The molecule has 1 saturated heterocycles. The van der Waals surface area contributed by atoms with Gasteiger partial charge in [0.15, 0.2) is 0 Å². The van der Waals surface area contributed by atoms with E-state index in [4.69, 9.17) is 12.6 Å². The third-order valence-corrected chi connectivity index (χ3v) is 3.56. The van der Waals surface area contributed by atoms with Crippen LogP contribution in [0, 0.1) is 0 Å². The number of unbranched alkanes of at least 4 members (excludes halogenated alkanes) is 1. The Labute approximate surface area is 111 Å². The number of nitrogens with one attached hydrogen (secondary N) is 1. The molecule has 1 aliphatic rings. The van der Waals surface area contributed by atoms with Crippen molar-refractivity contribution in [2.24, 2.45) is 0 Å². The van der Waals surface area contributed by atoms with Gasteiger partial charge in [-0.1, -0.05) is 26.2 Å². The monoisotopic (exact) mass is 253 g/mol. The van der Waals surface area contributed by atoms with Gasteiger partial charge in [-0.05, 0) is 19.3 Å². The lowest BCUT2D eigenvalue weighted by Crippen LogP contribution is -2.38. The van der Waals surface area contributed by atoms with Gasteiger partial charge in [0.05, 0.1) is 20.6 Å². The van der Waals surface area contributed by atoms with Crippen LogP contribution in [0.25, 0.3) is 0 Å². The molecule has 2 unspecified atom stereocenters. The van der Waals surface area contributed by atoms with Gasteiger partial charge in [0, 0.05) is 18.4 Å². The molecule has 2 radical (unpaired) electrons. The molecular formula is C13H24BNO3. The van der Waals surface area contributed by atoms with E-state index in [1.807, 2.05) is 6.92 Å². The fourth-order valence-corrected chi connectivity index (χ4v) is 2.28. The highest BCUT2D eigenvalue weighted by Gasteiger charge is 2.31. The van der Waals surface area contributed by atoms with E-state index in [1.165, 1.54) is 0 Å². The SMILES string of the molecule is [B]C(CCCC)(CCCC1CNCCO1)C(=O)O. The molecule has 1 rings (SSSR count). The Bertz CT molecular complexity index is 257. The Kier molecular flexibility index (Phi) is 6.72. The number of aliphatic carboxylic acids is 1. The highest BCUT2D eigenvalue weighted by Crippen LogP contribution is 2.35. The number of hydrogen-bond donors (Lipinski definition) is 2. The number of ether oxygens (including phenoxy) is 1. The largest absolute Gasteiger partial charge is 0.481 e. The van der Waals surface area contributed by atoms with Crippen LogP contribution in [0.2, 0.25) is 5.31 Å². The van der Waals surface area contributed by atoms with E-state index in [0.717, 1.165) is 45.4 Å². The Balaban J connectivity index is 2.30. The van der Waals surface area contributed by atoms with Gasteiger partial charge in [0.25, 0.3) is 0 Å². The molecule has 0 aromatic carbocycles. The van der Waals surface area contributed by atoms with Crippen molar-refractivity contribution in [3.63, 3.8) is 0 Å². The van der Waals surface area contributed by atoms with Crippen molar-refractivity contribution in [3.05, 3.63) is 0 Å². The van der Waals surface area contributed by atoms with E-state index >= 15 is 0 Å². The summed E-state index contributed by atoms with van der Waals surface area (Å²) < 4.78 is 5.58. The second kappa shape index (κ2) is 7.79. The zero-order valence-corrected chi connectivity index (χ0v) is 11.3. The first kappa shape index (κ1) is 15.5. The zero-order valence-electron chi connectivity index (χ0n) is 11.3. The first-order valence-corrected chi connectivity index (χ1v) is 6.93. The maximum atomic E-state index is 11.2. The number of carboxylic acids is 1. The van der Waals surface area contributed by atoms with Crippen molar-refractivity contribution in [2.75, 3.05) is 19.7 Å². The molecule has 0 amide bonds. The molecule has 0 aliphatic carbocycles. The van der Waals surface area contributed by atoms with E-state index in [0.29, 0.717) is 12.8 Å². The Morgan fingerprint density at radius 1 is 1.50 bits per heavy atom. The lowest BCUT2D eigenvalue weighted by atomic mass is 9.62. The lowest BCUT2D eigenvalue weighted by molar-refractivity contribution is -0.141. The summed E-state index contributed by atoms with van der Waals surface area (Å²) in [4.78, 5) is 11.2. The molecule has 4 nitrogen and oxygen atoms in total.